The molecular formula is C17H19NOS. The summed E-state index contributed by atoms with van der Waals surface area (Å²) >= 11 is 1.56. The number of nitrogens with one attached hydrogen (secondary N) is 1. The highest BCUT2D eigenvalue weighted by atomic mass is 32.2. The van der Waals surface area contributed by atoms with Gasteiger partial charge in [0.05, 0.1) is 11.8 Å². The standard InChI is InChI=1S/C17H19NOS/c1-13-8-10-15(11-9-13)14(2)18-17(19)12-20-16-6-4-3-5-7-16/h3-11,14H,12H2,1-2H3,(H,18,19)/t14-/m0/s1. The third-order valence-corrected chi connectivity index (χ3v) is 4.08. The Morgan fingerprint density at radius 3 is 2.40 bits per heavy atom. The minimum atomic E-state index is 0.0412. The zero-order valence-corrected chi connectivity index (χ0v) is 12.6. The zero-order valence-electron chi connectivity index (χ0n) is 11.8. The fourth-order valence-corrected chi connectivity index (χ4v) is 2.62. The van der Waals surface area contributed by atoms with Gasteiger partial charge in [-0.3, -0.25) is 4.79 Å². The molecule has 0 aliphatic carbocycles. The molecule has 2 aromatic carbocycles. The van der Waals surface area contributed by atoms with Crippen molar-refractivity contribution in [3.63, 3.8) is 0 Å². The maximum absolute atomic E-state index is 11.9. The minimum absolute atomic E-state index is 0.0412. The first kappa shape index (κ1) is 14.7. The van der Waals surface area contributed by atoms with E-state index in [1.807, 2.05) is 37.3 Å². The molecule has 0 aliphatic rings. The van der Waals surface area contributed by atoms with Crippen molar-refractivity contribution in [1.29, 1.82) is 0 Å². The fraction of sp³-hybridized carbons (Fsp3) is 0.235. The average molecular weight is 285 g/mol. The van der Waals surface area contributed by atoms with Crippen molar-refractivity contribution in [1.82, 2.24) is 5.32 Å². The van der Waals surface area contributed by atoms with Gasteiger partial charge in [-0.05, 0) is 31.5 Å². The number of carbonyl (C=O) groups excluding carboxylic acids is 1. The number of aryl methyl sites for hydroxylation is 1. The fourth-order valence-electron chi connectivity index (χ4n) is 1.89. The molecule has 1 amide bonds. The second kappa shape index (κ2) is 7.15. The van der Waals surface area contributed by atoms with E-state index in [0.29, 0.717) is 5.75 Å². The normalized spacial score (nSPS) is 11.9. The number of rotatable bonds is 5. The summed E-state index contributed by atoms with van der Waals surface area (Å²) in [7, 11) is 0. The second-order valence-corrected chi connectivity index (χ2v) is 5.85. The first-order valence-corrected chi connectivity index (χ1v) is 7.67. The van der Waals surface area contributed by atoms with E-state index in [2.05, 4.69) is 36.5 Å². The highest BCUT2D eigenvalue weighted by molar-refractivity contribution is 8.00. The van der Waals surface area contributed by atoms with E-state index in [0.717, 1.165) is 10.5 Å². The molecule has 0 heterocycles. The van der Waals surface area contributed by atoms with Gasteiger partial charge >= 0.3 is 0 Å². The molecule has 0 fully saturated rings. The number of thioether (sulfide) groups is 1. The Bertz CT molecular complexity index is 551. The van der Waals surface area contributed by atoms with Crippen molar-refractivity contribution in [2.75, 3.05) is 5.75 Å². The summed E-state index contributed by atoms with van der Waals surface area (Å²) in [6, 6.07) is 18.3. The SMILES string of the molecule is Cc1ccc([C@H](C)NC(=O)CSc2ccccc2)cc1. The van der Waals surface area contributed by atoms with Crippen LogP contribution in [0.25, 0.3) is 0 Å². The minimum Gasteiger partial charge on any atom is -0.349 e. The van der Waals surface area contributed by atoms with Gasteiger partial charge in [0.2, 0.25) is 5.91 Å². The van der Waals surface area contributed by atoms with Crippen LogP contribution in [0, 0.1) is 6.92 Å². The van der Waals surface area contributed by atoms with Crippen LogP contribution >= 0.6 is 11.8 Å². The van der Waals surface area contributed by atoms with Crippen LogP contribution in [0.5, 0.6) is 0 Å². The van der Waals surface area contributed by atoms with Crippen molar-refractivity contribution in [2.24, 2.45) is 0 Å². The molecular weight excluding hydrogens is 266 g/mol. The lowest BCUT2D eigenvalue weighted by Gasteiger charge is -2.14. The van der Waals surface area contributed by atoms with Crippen LogP contribution < -0.4 is 5.32 Å². The number of hydrogen-bond acceptors (Lipinski definition) is 2. The van der Waals surface area contributed by atoms with Crippen LogP contribution in [0.2, 0.25) is 0 Å². The molecule has 1 N–H and O–H groups in total. The predicted octanol–water partition coefficient (Wildman–Crippen LogP) is 3.96. The van der Waals surface area contributed by atoms with Crippen LogP contribution in [0.1, 0.15) is 24.1 Å². The summed E-state index contributed by atoms with van der Waals surface area (Å²) in [6.07, 6.45) is 0. The molecule has 0 saturated carbocycles. The van der Waals surface area contributed by atoms with Crippen LogP contribution in [-0.2, 0) is 4.79 Å². The van der Waals surface area contributed by atoms with Gasteiger partial charge in [-0.25, -0.2) is 0 Å². The molecule has 2 aromatic rings. The lowest BCUT2D eigenvalue weighted by molar-refractivity contribution is -0.119. The Hall–Kier alpha value is -1.74. The number of benzene rings is 2. The van der Waals surface area contributed by atoms with Gasteiger partial charge in [0.25, 0.3) is 0 Å². The van der Waals surface area contributed by atoms with Gasteiger partial charge < -0.3 is 5.32 Å². The van der Waals surface area contributed by atoms with Crippen molar-refractivity contribution in [2.45, 2.75) is 24.8 Å². The van der Waals surface area contributed by atoms with Gasteiger partial charge in [-0.2, -0.15) is 0 Å². The molecule has 2 nitrogen and oxygen atoms in total. The molecule has 0 unspecified atom stereocenters. The first-order valence-electron chi connectivity index (χ1n) is 6.69. The van der Waals surface area contributed by atoms with E-state index in [9.17, 15) is 4.79 Å². The number of amides is 1. The molecule has 1 atom stereocenters. The van der Waals surface area contributed by atoms with E-state index < -0.39 is 0 Å². The smallest absolute Gasteiger partial charge is 0.230 e. The van der Waals surface area contributed by atoms with Crippen LogP contribution in [0.3, 0.4) is 0 Å². The molecule has 0 aliphatic heterocycles. The van der Waals surface area contributed by atoms with E-state index in [1.165, 1.54) is 5.56 Å². The third-order valence-electron chi connectivity index (χ3n) is 3.07. The summed E-state index contributed by atoms with van der Waals surface area (Å²) in [6.45, 7) is 4.07. The Morgan fingerprint density at radius 1 is 1.10 bits per heavy atom. The Morgan fingerprint density at radius 2 is 1.75 bits per heavy atom. The van der Waals surface area contributed by atoms with Gasteiger partial charge in [-0.15, -0.1) is 11.8 Å². The first-order chi connectivity index (χ1) is 9.65. The molecule has 0 aromatic heterocycles. The largest absolute Gasteiger partial charge is 0.349 e. The highest BCUT2D eigenvalue weighted by Gasteiger charge is 2.09. The quantitative estimate of drug-likeness (QED) is 0.842. The summed E-state index contributed by atoms with van der Waals surface area (Å²) in [5.74, 6) is 0.507. The topological polar surface area (TPSA) is 29.1 Å². The Balaban J connectivity index is 1.83. The molecule has 3 heteroatoms. The summed E-state index contributed by atoms with van der Waals surface area (Å²) in [5.41, 5.74) is 2.36. The van der Waals surface area contributed by atoms with Crippen molar-refractivity contribution < 1.29 is 4.79 Å². The van der Waals surface area contributed by atoms with Gasteiger partial charge in [0.15, 0.2) is 0 Å². The number of hydrogen-bond donors (Lipinski definition) is 1. The van der Waals surface area contributed by atoms with Gasteiger partial charge in [-0.1, -0.05) is 48.0 Å². The maximum atomic E-state index is 11.9. The molecule has 0 spiro atoms. The van der Waals surface area contributed by atoms with Gasteiger partial charge in [0.1, 0.15) is 0 Å². The summed E-state index contributed by atoms with van der Waals surface area (Å²) < 4.78 is 0. The van der Waals surface area contributed by atoms with E-state index in [-0.39, 0.29) is 11.9 Å². The molecule has 20 heavy (non-hydrogen) atoms. The molecule has 0 bridgehead atoms. The monoisotopic (exact) mass is 285 g/mol. The van der Waals surface area contributed by atoms with Crippen molar-refractivity contribution >= 4 is 17.7 Å². The zero-order chi connectivity index (χ0) is 14.4. The summed E-state index contributed by atoms with van der Waals surface area (Å²) in [5, 5.41) is 3.03. The van der Waals surface area contributed by atoms with Crippen LogP contribution in [0.15, 0.2) is 59.5 Å². The van der Waals surface area contributed by atoms with E-state index >= 15 is 0 Å². The predicted molar refractivity (Wildman–Crippen MR) is 84.9 cm³/mol. The lowest BCUT2D eigenvalue weighted by atomic mass is 10.1. The third kappa shape index (κ3) is 4.42. The molecule has 0 radical (unpaired) electrons. The molecule has 0 saturated heterocycles. The van der Waals surface area contributed by atoms with Gasteiger partial charge in [0, 0.05) is 4.90 Å². The Labute approximate surface area is 124 Å². The molecule has 2 rings (SSSR count). The highest BCUT2D eigenvalue weighted by Crippen LogP contribution is 2.17. The molecule has 104 valence electrons. The lowest BCUT2D eigenvalue weighted by Crippen LogP contribution is -2.28. The van der Waals surface area contributed by atoms with E-state index in [4.69, 9.17) is 0 Å². The summed E-state index contributed by atoms with van der Waals surface area (Å²) in [4.78, 5) is 13.1. The Kier molecular flexibility index (Phi) is 5.24. The average Bonchev–Trinajstić information content (AvgIpc) is 2.47. The van der Waals surface area contributed by atoms with Crippen molar-refractivity contribution in [3.8, 4) is 0 Å². The van der Waals surface area contributed by atoms with Crippen molar-refractivity contribution in [3.05, 3.63) is 65.7 Å². The maximum Gasteiger partial charge on any atom is 0.230 e. The van der Waals surface area contributed by atoms with E-state index in [1.54, 1.807) is 11.8 Å². The number of carbonyl (C=O) groups is 1. The second-order valence-electron chi connectivity index (χ2n) is 4.80. The van der Waals surface area contributed by atoms with Crippen LogP contribution in [-0.4, -0.2) is 11.7 Å². The van der Waals surface area contributed by atoms with Crippen LogP contribution in [0.4, 0.5) is 0 Å².